The van der Waals surface area contributed by atoms with Gasteiger partial charge in [0.15, 0.2) is 5.75 Å². The summed E-state index contributed by atoms with van der Waals surface area (Å²) in [6, 6.07) is 21.0. The van der Waals surface area contributed by atoms with Crippen molar-refractivity contribution in [1.82, 2.24) is 0 Å². The van der Waals surface area contributed by atoms with Gasteiger partial charge in [0.1, 0.15) is 28.6 Å². The molecule has 0 unspecified atom stereocenters. The molecule has 0 fully saturated rings. The highest BCUT2D eigenvalue weighted by Crippen LogP contribution is 2.36. The molecule has 12 heteroatoms. The van der Waals surface area contributed by atoms with Gasteiger partial charge in [-0.2, -0.15) is 0 Å². The first-order chi connectivity index (χ1) is 22.3. The van der Waals surface area contributed by atoms with Gasteiger partial charge in [-0.15, -0.1) is 10.2 Å². The number of hydrogen-bond acceptors (Lipinski definition) is 10. The van der Waals surface area contributed by atoms with Crippen LogP contribution in [0.3, 0.4) is 0 Å². The molecule has 0 saturated heterocycles. The minimum absolute atomic E-state index is 0.00470. The Morgan fingerprint density at radius 1 is 0.696 bits per heavy atom. The fourth-order valence-electron chi connectivity index (χ4n) is 3.89. The Hall–Kier alpha value is -5.29. The van der Waals surface area contributed by atoms with Crippen LogP contribution in [0, 0.1) is 10.1 Å². The molecule has 0 saturated carbocycles. The number of halogens is 1. The Balaban J connectivity index is 1.56. The number of rotatable bonds is 15. The Morgan fingerprint density at radius 3 is 1.72 bits per heavy atom. The molecule has 0 aliphatic carbocycles. The maximum atomic E-state index is 13.1. The van der Waals surface area contributed by atoms with Crippen LogP contribution in [0.1, 0.15) is 60.2 Å². The van der Waals surface area contributed by atoms with Crippen molar-refractivity contribution in [2.45, 2.75) is 39.5 Å². The number of nitro groups is 1. The highest BCUT2D eigenvalue weighted by atomic mass is 35.5. The summed E-state index contributed by atoms with van der Waals surface area (Å²) in [6.45, 7) is 5.28. The molecule has 46 heavy (non-hydrogen) atoms. The number of unbranched alkanes of at least 4 members (excludes halogenated alkanes) is 2. The lowest BCUT2D eigenvalue weighted by Gasteiger charge is -2.11. The van der Waals surface area contributed by atoms with Crippen LogP contribution >= 0.6 is 11.6 Å². The number of non-ortho nitro benzene ring substituents is 1. The van der Waals surface area contributed by atoms with Gasteiger partial charge in [0.2, 0.25) is 0 Å². The Morgan fingerprint density at radius 2 is 1.20 bits per heavy atom. The minimum atomic E-state index is -0.702. The van der Waals surface area contributed by atoms with Crippen molar-refractivity contribution >= 4 is 40.6 Å². The maximum absolute atomic E-state index is 13.1. The molecular formula is C34H32ClN3O8. The zero-order valence-corrected chi connectivity index (χ0v) is 26.1. The number of carbonyl (C=O) groups is 2. The van der Waals surface area contributed by atoms with Crippen LogP contribution in [-0.4, -0.2) is 30.1 Å². The van der Waals surface area contributed by atoms with Crippen LogP contribution in [0.15, 0.2) is 95.2 Å². The van der Waals surface area contributed by atoms with E-state index >= 15 is 0 Å². The van der Waals surface area contributed by atoms with Gasteiger partial charge in [0.25, 0.3) is 5.69 Å². The second kappa shape index (κ2) is 16.7. The Kier molecular flexibility index (Phi) is 12.2. The average Bonchev–Trinajstić information content (AvgIpc) is 3.05. The molecular weight excluding hydrogens is 614 g/mol. The monoisotopic (exact) mass is 645 g/mol. The zero-order chi connectivity index (χ0) is 32.9. The van der Waals surface area contributed by atoms with Crippen molar-refractivity contribution < 1.29 is 33.5 Å². The van der Waals surface area contributed by atoms with Gasteiger partial charge in [-0.05, 0) is 79.6 Å². The lowest BCUT2D eigenvalue weighted by Crippen LogP contribution is -2.10. The van der Waals surface area contributed by atoms with E-state index in [-0.39, 0.29) is 39.1 Å². The van der Waals surface area contributed by atoms with Crippen molar-refractivity contribution in [1.29, 1.82) is 0 Å². The third-order valence-corrected chi connectivity index (χ3v) is 6.77. The van der Waals surface area contributed by atoms with E-state index in [4.69, 9.17) is 30.5 Å². The molecule has 0 aliphatic rings. The smallest absolute Gasteiger partial charge is 0.343 e. The van der Waals surface area contributed by atoms with E-state index in [0.717, 1.165) is 31.7 Å². The lowest BCUT2D eigenvalue weighted by molar-refractivity contribution is -0.384. The van der Waals surface area contributed by atoms with Gasteiger partial charge in [-0.3, -0.25) is 10.1 Å². The fraction of sp³-hybridized carbons (Fsp3) is 0.235. The number of benzene rings is 4. The van der Waals surface area contributed by atoms with Crippen LogP contribution in [-0.2, 0) is 0 Å². The molecule has 0 heterocycles. The van der Waals surface area contributed by atoms with Gasteiger partial charge >= 0.3 is 11.9 Å². The first-order valence-electron chi connectivity index (χ1n) is 14.7. The van der Waals surface area contributed by atoms with Gasteiger partial charge in [-0.25, -0.2) is 9.59 Å². The van der Waals surface area contributed by atoms with E-state index in [1.165, 1.54) is 30.3 Å². The van der Waals surface area contributed by atoms with Gasteiger partial charge in [0, 0.05) is 18.2 Å². The van der Waals surface area contributed by atoms with Crippen LogP contribution < -0.4 is 18.9 Å². The number of ether oxygens (including phenoxy) is 4. The van der Waals surface area contributed by atoms with Crippen molar-refractivity contribution in [3.05, 3.63) is 111 Å². The van der Waals surface area contributed by atoms with E-state index in [1.54, 1.807) is 48.5 Å². The molecule has 4 rings (SSSR count). The molecule has 0 amide bonds. The summed E-state index contributed by atoms with van der Waals surface area (Å²) in [6.07, 6.45) is 3.83. The van der Waals surface area contributed by atoms with E-state index < -0.39 is 16.9 Å². The number of esters is 2. The zero-order valence-electron chi connectivity index (χ0n) is 25.3. The largest absolute Gasteiger partial charge is 0.494 e. The first-order valence-corrected chi connectivity index (χ1v) is 15.0. The van der Waals surface area contributed by atoms with Gasteiger partial charge < -0.3 is 18.9 Å². The molecule has 4 aromatic rings. The standard InChI is InChI=1S/C34H32ClN3O8/c1-3-5-19-43-26-12-7-23(8-13-26)33(39)45-28-16-18-31(37-36-30-17-11-25(38(41)42)21-29(30)35)32(22-28)46-34(40)24-9-14-27(15-10-24)44-20-6-4-2/h7-18,21-22H,3-6,19-20H2,1-2H3. The predicted molar refractivity (Wildman–Crippen MR) is 172 cm³/mol. The Labute approximate surface area is 270 Å². The number of nitro benzene ring substituents is 1. The molecule has 0 aliphatic heterocycles. The third kappa shape index (κ3) is 9.60. The molecule has 238 valence electrons. The van der Waals surface area contributed by atoms with Gasteiger partial charge in [0.05, 0.1) is 34.3 Å². The van der Waals surface area contributed by atoms with Crippen LogP contribution in [0.5, 0.6) is 23.0 Å². The highest BCUT2D eigenvalue weighted by molar-refractivity contribution is 6.33. The summed E-state index contributed by atoms with van der Waals surface area (Å²) in [4.78, 5) is 36.5. The first kappa shape index (κ1) is 33.6. The van der Waals surface area contributed by atoms with Crippen LogP contribution in [0.25, 0.3) is 0 Å². The van der Waals surface area contributed by atoms with E-state index in [0.29, 0.717) is 30.3 Å². The van der Waals surface area contributed by atoms with Crippen molar-refractivity contribution in [3.63, 3.8) is 0 Å². The van der Waals surface area contributed by atoms with E-state index in [2.05, 4.69) is 24.1 Å². The molecule has 0 aromatic heterocycles. The second-order valence-electron chi connectivity index (χ2n) is 9.95. The topological polar surface area (TPSA) is 139 Å². The molecule has 0 bridgehead atoms. The fourth-order valence-corrected chi connectivity index (χ4v) is 4.10. The molecule has 0 radical (unpaired) electrons. The number of nitrogens with zero attached hydrogens (tertiary/aromatic N) is 3. The Bertz CT molecular complexity index is 1690. The van der Waals surface area contributed by atoms with Crippen LogP contribution in [0.4, 0.5) is 17.1 Å². The molecule has 4 aromatic carbocycles. The van der Waals surface area contributed by atoms with E-state index in [9.17, 15) is 19.7 Å². The highest BCUT2D eigenvalue weighted by Gasteiger charge is 2.17. The third-order valence-electron chi connectivity index (χ3n) is 6.47. The van der Waals surface area contributed by atoms with Crippen molar-refractivity contribution in [2.24, 2.45) is 10.2 Å². The van der Waals surface area contributed by atoms with Crippen molar-refractivity contribution in [3.8, 4) is 23.0 Å². The number of hydrogen-bond donors (Lipinski definition) is 0. The summed E-state index contributed by atoms with van der Waals surface area (Å²) in [5, 5.41) is 19.3. The molecule has 0 spiro atoms. The molecule has 0 atom stereocenters. The quantitative estimate of drug-likeness (QED) is 0.0311. The van der Waals surface area contributed by atoms with E-state index in [1.807, 2.05) is 0 Å². The SMILES string of the molecule is CCCCOc1ccc(C(=O)Oc2ccc(N=Nc3ccc([N+](=O)[O-])cc3Cl)c(OC(=O)c3ccc(OCCCC)cc3)c2)cc1. The summed E-state index contributed by atoms with van der Waals surface area (Å²) < 4.78 is 22.5. The predicted octanol–water partition coefficient (Wildman–Crippen LogP) is 9.46. The maximum Gasteiger partial charge on any atom is 0.343 e. The summed E-state index contributed by atoms with van der Waals surface area (Å²) >= 11 is 6.16. The summed E-state index contributed by atoms with van der Waals surface area (Å²) in [5.74, 6) is -0.0465. The average molecular weight is 646 g/mol. The normalized spacial score (nSPS) is 10.8. The summed E-state index contributed by atoms with van der Waals surface area (Å²) in [7, 11) is 0. The number of azo groups is 1. The minimum Gasteiger partial charge on any atom is -0.494 e. The second-order valence-corrected chi connectivity index (χ2v) is 10.4. The molecule has 0 N–H and O–H groups in total. The lowest BCUT2D eigenvalue weighted by atomic mass is 10.2. The molecule has 11 nitrogen and oxygen atoms in total. The number of carbonyl (C=O) groups excluding carboxylic acids is 2. The van der Waals surface area contributed by atoms with Gasteiger partial charge in [-0.1, -0.05) is 38.3 Å². The van der Waals surface area contributed by atoms with Crippen LogP contribution in [0.2, 0.25) is 5.02 Å². The summed E-state index contributed by atoms with van der Waals surface area (Å²) in [5.41, 5.74) is 0.591. The van der Waals surface area contributed by atoms with Crippen molar-refractivity contribution in [2.75, 3.05) is 13.2 Å².